The quantitative estimate of drug-likeness (QED) is 0.494. The second-order valence-electron chi connectivity index (χ2n) is 8.28. The third-order valence-electron chi connectivity index (χ3n) is 6.14. The fourth-order valence-corrected chi connectivity index (χ4v) is 4.40. The lowest BCUT2D eigenvalue weighted by Crippen LogP contribution is -2.51. The molecule has 33 heavy (non-hydrogen) atoms. The summed E-state index contributed by atoms with van der Waals surface area (Å²) in [6, 6.07) is 18.1. The van der Waals surface area contributed by atoms with Crippen LogP contribution in [0.3, 0.4) is 0 Å². The summed E-state index contributed by atoms with van der Waals surface area (Å²) >= 11 is 0. The minimum Gasteiger partial charge on any atom is -0.459 e. The number of pyridine rings is 1. The average molecular weight is 444 g/mol. The van der Waals surface area contributed by atoms with E-state index < -0.39 is 6.04 Å². The molecule has 0 radical (unpaired) electrons. The summed E-state index contributed by atoms with van der Waals surface area (Å²) in [4.78, 5) is 27.9. The third-order valence-corrected chi connectivity index (χ3v) is 6.14. The van der Waals surface area contributed by atoms with Crippen molar-refractivity contribution >= 4 is 17.5 Å². The number of nitrogens with zero attached hydrogens (tertiary/aromatic N) is 4. The number of likely N-dealkylation sites (tertiary alicyclic amines) is 1. The van der Waals surface area contributed by atoms with E-state index in [0.29, 0.717) is 19.5 Å². The number of carbonyl (C=O) groups excluding carboxylic acids is 2. The zero-order valence-corrected chi connectivity index (χ0v) is 18.1. The Hall–Kier alpha value is -3.94. The predicted octanol–water partition coefficient (Wildman–Crippen LogP) is 3.07. The van der Waals surface area contributed by atoms with Crippen molar-refractivity contribution in [1.82, 2.24) is 24.8 Å². The Balaban J connectivity index is 1.29. The highest BCUT2D eigenvalue weighted by Gasteiger charge is 2.32. The van der Waals surface area contributed by atoms with Crippen LogP contribution in [0.1, 0.15) is 40.7 Å². The van der Waals surface area contributed by atoms with E-state index in [1.54, 1.807) is 12.1 Å². The molecule has 8 heteroatoms. The van der Waals surface area contributed by atoms with Crippen molar-refractivity contribution in [2.75, 3.05) is 13.1 Å². The van der Waals surface area contributed by atoms with Crippen molar-refractivity contribution in [1.29, 1.82) is 0 Å². The molecule has 168 valence electrons. The van der Waals surface area contributed by atoms with Gasteiger partial charge in [-0.3, -0.25) is 14.0 Å². The Morgan fingerprint density at radius 3 is 2.55 bits per heavy atom. The molecule has 0 aliphatic carbocycles. The lowest BCUT2D eigenvalue weighted by atomic mass is 9.95. The number of amides is 2. The number of carbonyl (C=O) groups is 2. The monoisotopic (exact) mass is 443 g/mol. The lowest BCUT2D eigenvalue weighted by molar-refractivity contribution is -0.134. The molecule has 1 fully saturated rings. The Labute approximate surface area is 191 Å². The summed E-state index contributed by atoms with van der Waals surface area (Å²) in [5.41, 5.74) is 1.81. The van der Waals surface area contributed by atoms with Gasteiger partial charge in [-0.05, 0) is 42.7 Å². The number of fused-ring (bicyclic) bond motifs is 1. The van der Waals surface area contributed by atoms with Crippen LogP contribution in [0.25, 0.3) is 5.65 Å². The second kappa shape index (κ2) is 9.28. The van der Waals surface area contributed by atoms with Gasteiger partial charge in [0.15, 0.2) is 11.4 Å². The average Bonchev–Trinajstić information content (AvgIpc) is 3.55. The highest BCUT2D eigenvalue weighted by Crippen LogP contribution is 2.27. The molecule has 0 unspecified atom stereocenters. The van der Waals surface area contributed by atoms with Gasteiger partial charge in [-0.1, -0.05) is 36.4 Å². The van der Waals surface area contributed by atoms with E-state index in [1.165, 1.54) is 6.26 Å². The van der Waals surface area contributed by atoms with Gasteiger partial charge in [-0.2, -0.15) is 0 Å². The number of rotatable bonds is 6. The molecule has 0 saturated carbocycles. The minimum atomic E-state index is -0.671. The van der Waals surface area contributed by atoms with Crippen molar-refractivity contribution in [3.8, 4) is 0 Å². The van der Waals surface area contributed by atoms with Gasteiger partial charge in [-0.25, -0.2) is 0 Å². The fraction of sp³-hybridized carbons (Fsp3) is 0.280. The number of furan rings is 1. The standard InChI is InChI=1S/C25H25N5O3/c31-24(21-9-6-16-33-21)26-20(17-18-7-2-1-3-8-18)25(32)29-14-11-19(12-15-29)23-28-27-22-10-4-5-13-30(22)23/h1-10,13,16,19-20H,11-12,14-15,17H2,(H,26,31)/t20-/m0/s1. The van der Waals surface area contributed by atoms with E-state index in [2.05, 4.69) is 15.5 Å². The largest absolute Gasteiger partial charge is 0.459 e. The first-order valence-electron chi connectivity index (χ1n) is 11.2. The molecule has 5 rings (SSSR count). The Bertz CT molecular complexity index is 1230. The van der Waals surface area contributed by atoms with E-state index in [-0.39, 0.29) is 23.5 Å². The predicted molar refractivity (Wildman–Crippen MR) is 122 cm³/mol. The van der Waals surface area contributed by atoms with Gasteiger partial charge in [0.1, 0.15) is 11.9 Å². The summed E-state index contributed by atoms with van der Waals surface area (Å²) < 4.78 is 7.23. The molecular weight excluding hydrogens is 418 g/mol. The smallest absolute Gasteiger partial charge is 0.287 e. The van der Waals surface area contributed by atoms with Crippen molar-refractivity contribution in [2.24, 2.45) is 0 Å². The molecule has 4 heterocycles. The maximum absolute atomic E-state index is 13.5. The van der Waals surface area contributed by atoms with Gasteiger partial charge < -0.3 is 14.6 Å². The number of hydrogen-bond donors (Lipinski definition) is 1. The van der Waals surface area contributed by atoms with Crippen LogP contribution in [0.4, 0.5) is 0 Å². The molecule has 1 N–H and O–H groups in total. The van der Waals surface area contributed by atoms with Gasteiger partial charge in [0, 0.05) is 31.6 Å². The van der Waals surface area contributed by atoms with Crippen LogP contribution >= 0.6 is 0 Å². The van der Waals surface area contributed by atoms with Crippen LogP contribution in [0.5, 0.6) is 0 Å². The number of benzene rings is 1. The van der Waals surface area contributed by atoms with E-state index in [0.717, 1.165) is 29.9 Å². The molecule has 8 nitrogen and oxygen atoms in total. The van der Waals surface area contributed by atoms with Gasteiger partial charge in [0.05, 0.1) is 6.26 Å². The van der Waals surface area contributed by atoms with Crippen LogP contribution in [0.2, 0.25) is 0 Å². The number of piperidine rings is 1. The summed E-state index contributed by atoms with van der Waals surface area (Å²) in [6.07, 6.45) is 5.43. The van der Waals surface area contributed by atoms with Crippen molar-refractivity contribution in [2.45, 2.75) is 31.2 Å². The first-order chi connectivity index (χ1) is 16.2. The molecule has 2 amide bonds. The SMILES string of the molecule is O=C(N[C@@H](Cc1ccccc1)C(=O)N1CCC(c2nnc3ccccn23)CC1)c1ccco1. The highest BCUT2D eigenvalue weighted by molar-refractivity contribution is 5.95. The number of hydrogen-bond acceptors (Lipinski definition) is 5. The molecule has 0 bridgehead atoms. The van der Waals surface area contributed by atoms with Crippen LogP contribution in [-0.4, -0.2) is 50.4 Å². The first kappa shape index (κ1) is 20.9. The Kier molecular flexibility index (Phi) is 5.89. The molecule has 1 aromatic carbocycles. The van der Waals surface area contributed by atoms with E-state index >= 15 is 0 Å². The van der Waals surface area contributed by atoms with Crippen LogP contribution in [0.15, 0.2) is 77.5 Å². The third kappa shape index (κ3) is 4.50. The topological polar surface area (TPSA) is 92.7 Å². The zero-order chi connectivity index (χ0) is 22.6. The van der Waals surface area contributed by atoms with Gasteiger partial charge >= 0.3 is 0 Å². The summed E-state index contributed by atoms with van der Waals surface area (Å²) in [5.74, 6) is 0.891. The van der Waals surface area contributed by atoms with Crippen LogP contribution in [0, 0.1) is 0 Å². The molecular formula is C25H25N5O3. The van der Waals surface area contributed by atoms with E-state index in [1.807, 2.05) is 64.0 Å². The maximum Gasteiger partial charge on any atom is 0.287 e. The first-order valence-corrected chi connectivity index (χ1v) is 11.2. The Morgan fingerprint density at radius 2 is 1.79 bits per heavy atom. The molecule has 0 spiro atoms. The van der Waals surface area contributed by atoms with Crippen molar-refractivity contribution in [3.63, 3.8) is 0 Å². The van der Waals surface area contributed by atoms with E-state index in [9.17, 15) is 9.59 Å². The highest BCUT2D eigenvalue weighted by atomic mass is 16.3. The summed E-state index contributed by atoms with van der Waals surface area (Å²) in [6.45, 7) is 1.21. The molecule has 1 saturated heterocycles. The zero-order valence-electron chi connectivity index (χ0n) is 18.1. The van der Waals surface area contributed by atoms with Crippen LogP contribution < -0.4 is 5.32 Å². The number of aromatic nitrogens is 3. The molecule has 3 aromatic heterocycles. The van der Waals surface area contributed by atoms with Gasteiger partial charge in [-0.15, -0.1) is 10.2 Å². The molecule has 1 aliphatic heterocycles. The normalized spacial score (nSPS) is 15.5. The number of nitrogens with one attached hydrogen (secondary N) is 1. The fourth-order valence-electron chi connectivity index (χ4n) is 4.40. The molecule has 1 aliphatic rings. The van der Waals surface area contributed by atoms with Gasteiger partial charge in [0.2, 0.25) is 5.91 Å². The molecule has 1 atom stereocenters. The molecule has 4 aromatic rings. The van der Waals surface area contributed by atoms with Crippen LogP contribution in [-0.2, 0) is 11.2 Å². The minimum absolute atomic E-state index is 0.0803. The summed E-state index contributed by atoms with van der Waals surface area (Å²) in [7, 11) is 0. The Morgan fingerprint density at radius 1 is 1.00 bits per heavy atom. The van der Waals surface area contributed by atoms with E-state index in [4.69, 9.17) is 4.42 Å². The lowest BCUT2D eigenvalue weighted by Gasteiger charge is -2.34. The maximum atomic E-state index is 13.5. The van der Waals surface area contributed by atoms with Gasteiger partial charge in [0.25, 0.3) is 5.91 Å². The van der Waals surface area contributed by atoms with Crippen molar-refractivity contribution < 1.29 is 14.0 Å². The van der Waals surface area contributed by atoms with Crippen molar-refractivity contribution in [3.05, 3.63) is 90.3 Å². The second-order valence-corrected chi connectivity index (χ2v) is 8.28. The summed E-state index contributed by atoms with van der Waals surface area (Å²) in [5, 5.41) is 11.5.